The van der Waals surface area contributed by atoms with E-state index in [4.69, 9.17) is 16.9 Å². The summed E-state index contributed by atoms with van der Waals surface area (Å²) in [6, 6.07) is 16.1. The van der Waals surface area contributed by atoms with Gasteiger partial charge in [-0.25, -0.2) is 9.37 Å². The minimum absolute atomic E-state index is 0.101. The van der Waals surface area contributed by atoms with Crippen molar-refractivity contribution in [2.24, 2.45) is 0 Å². The number of carbonyl (C=O) groups is 1. The van der Waals surface area contributed by atoms with E-state index >= 15 is 0 Å². The Balaban J connectivity index is 1.71. The molecule has 0 atom stereocenters. The number of nitrogens with zero attached hydrogens (tertiary/aromatic N) is 2. The van der Waals surface area contributed by atoms with Crippen LogP contribution < -0.4 is 10.6 Å². The first kappa shape index (κ1) is 21.3. The third-order valence-corrected chi connectivity index (χ3v) is 4.95. The van der Waals surface area contributed by atoms with Crippen LogP contribution in [0.3, 0.4) is 0 Å². The molecule has 0 bridgehead atoms. The van der Waals surface area contributed by atoms with Crippen molar-refractivity contribution in [2.45, 2.75) is 26.3 Å². The van der Waals surface area contributed by atoms with Crippen LogP contribution in [-0.2, 0) is 11.3 Å². The zero-order valence-corrected chi connectivity index (χ0v) is 17.1. The van der Waals surface area contributed by atoms with Crippen LogP contribution in [0, 0.1) is 24.1 Å². The van der Waals surface area contributed by atoms with E-state index in [0.717, 1.165) is 16.7 Å². The van der Waals surface area contributed by atoms with Crippen LogP contribution >= 0.6 is 11.6 Å². The second kappa shape index (κ2) is 9.86. The lowest BCUT2D eigenvalue weighted by molar-refractivity contribution is -0.116. The van der Waals surface area contributed by atoms with E-state index in [9.17, 15) is 9.18 Å². The van der Waals surface area contributed by atoms with Crippen molar-refractivity contribution in [1.29, 1.82) is 5.26 Å². The number of nitrogens with one attached hydrogen (secondary N) is 2. The van der Waals surface area contributed by atoms with Gasteiger partial charge in [0.1, 0.15) is 11.6 Å². The molecular formula is C23H20ClFN4O. The zero-order valence-electron chi connectivity index (χ0n) is 16.4. The monoisotopic (exact) mass is 422 g/mol. The molecule has 0 saturated heterocycles. The van der Waals surface area contributed by atoms with Crippen LogP contribution in [0.2, 0.25) is 5.02 Å². The SMILES string of the molecule is Cc1ccnc(NCc2ccc(-c3cccc(F)c3Cl)cc2)c1NC(=O)CCC#N. The minimum Gasteiger partial charge on any atom is -0.364 e. The van der Waals surface area contributed by atoms with Gasteiger partial charge in [0.25, 0.3) is 0 Å². The first-order valence-electron chi connectivity index (χ1n) is 9.39. The third-order valence-electron chi connectivity index (χ3n) is 4.56. The summed E-state index contributed by atoms with van der Waals surface area (Å²) < 4.78 is 13.7. The van der Waals surface area contributed by atoms with Gasteiger partial charge in [0.2, 0.25) is 5.91 Å². The van der Waals surface area contributed by atoms with E-state index in [1.54, 1.807) is 18.3 Å². The number of halogens is 2. The Bertz CT molecular complexity index is 1090. The number of nitriles is 1. The van der Waals surface area contributed by atoms with Crippen LogP contribution in [0.15, 0.2) is 54.7 Å². The Morgan fingerprint density at radius 3 is 2.70 bits per heavy atom. The molecule has 1 heterocycles. The van der Waals surface area contributed by atoms with E-state index in [2.05, 4.69) is 15.6 Å². The summed E-state index contributed by atoms with van der Waals surface area (Å²) in [5.41, 5.74) is 3.91. The number of hydrogen-bond donors (Lipinski definition) is 2. The molecule has 5 nitrogen and oxygen atoms in total. The lowest BCUT2D eigenvalue weighted by atomic mass is 10.0. The van der Waals surface area contributed by atoms with E-state index in [1.807, 2.05) is 43.3 Å². The molecule has 0 aliphatic carbocycles. The molecule has 1 aromatic heterocycles. The molecule has 0 aliphatic rings. The Labute approximate surface area is 179 Å². The highest BCUT2D eigenvalue weighted by Gasteiger charge is 2.11. The van der Waals surface area contributed by atoms with Gasteiger partial charge < -0.3 is 10.6 Å². The average molecular weight is 423 g/mol. The van der Waals surface area contributed by atoms with Gasteiger partial charge in [0, 0.05) is 31.1 Å². The second-order valence-electron chi connectivity index (χ2n) is 6.71. The molecular weight excluding hydrogens is 403 g/mol. The fraction of sp³-hybridized carbons (Fsp3) is 0.174. The maximum Gasteiger partial charge on any atom is 0.225 e. The topological polar surface area (TPSA) is 77.8 Å². The number of benzene rings is 2. The van der Waals surface area contributed by atoms with Crippen molar-refractivity contribution in [1.82, 2.24) is 4.98 Å². The highest BCUT2D eigenvalue weighted by atomic mass is 35.5. The van der Waals surface area contributed by atoms with Crippen LogP contribution in [0.5, 0.6) is 0 Å². The van der Waals surface area contributed by atoms with Crippen molar-refractivity contribution in [2.75, 3.05) is 10.6 Å². The fourth-order valence-corrected chi connectivity index (χ4v) is 3.17. The average Bonchev–Trinajstić information content (AvgIpc) is 2.75. The van der Waals surface area contributed by atoms with E-state index in [1.165, 1.54) is 6.07 Å². The summed E-state index contributed by atoms with van der Waals surface area (Å²) in [4.78, 5) is 16.3. The van der Waals surface area contributed by atoms with Crippen LogP contribution in [0.25, 0.3) is 11.1 Å². The summed E-state index contributed by atoms with van der Waals surface area (Å²) in [7, 11) is 0. The molecule has 0 radical (unpaired) electrons. The van der Waals surface area contributed by atoms with Gasteiger partial charge in [0.15, 0.2) is 0 Å². The smallest absolute Gasteiger partial charge is 0.225 e. The number of amides is 1. The number of aromatic nitrogens is 1. The molecule has 0 spiro atoms. The van der Waals surface area contributed by atoms with Crippen LogP contribution in [-0.4, -0.2) is 10.9 Å². The first-order chi connectivity index (χ1) is 14.5. The molecule has 2 aromatic carbocycles. The normalized spacial score (nSPS) is 10.3. The minimum atomic E-state index is -0.449. The largest absolute Gasteiger partial charge is 0.364 e. The second-order valence-corrected chi connectivity index (χ2v) is 7.09. The van der Waals surface area contributed by atoms with Gasteiger partial charge in [-0.1, -0.05) is 48.0 Å². The highest BCUT2D eigenvalue weighted by molar-refractivity contribution is 6.33. The van der Waals surface area contributed by atoms with Crippen LogP contribution in [0.4, 0.5) is 15.9 Å². The first-order valence-corrected chi connectivity index (χ1v) is 9.77. The molecule has 0 unspecified atom stereocenters. The predicted octanol–water partition coefficient (Wildman–Crippen LogP) is 5.70. The summed E-state index contributed by atoms with van der Waals surface area (Å²) in [5.74, 6) is -0.126. The molecule has 152 valence electrons. The summed E-state index contributed by atoms with van der Waals surface area (Å²) in [6.07, 6.45) is 1.96. The Kier molecular flexibility index (Phi) is 6.99. The zero-order chi connectivity index (χ0) is 21.5. The number of aryl methyl sites for hydroxylation is 1. The number of anilines is 2. The number of pyridine rings is 1. The van der Waals surface area contributed by atoms with Crippen molar-refractivity contribution in [3.63, 3.8) is 0 Å². The molecule has 3 aromatic rings. The highest BCUT2D eigenvalue weighted by Crippen LogP contribution is 2.30. The van der Waals surface area contributed by atoms with E-state index in [0.29, 0.717) is 23.6 Å². The summed E-state index contributed by atoms with van der Waals surface area (Å²) >= 11 is 6.07. The Morgan fingerprint density at radius 1 is 1.20 bits per heavy atom. The Hall–Kier alpha value is -3.43. The standard InChI is InChI=1S/C23H20ClFN4O/c1-15-11-13-27-23(22(15)29-20(30)6-3-12-26)28-14-16-7-9-17(10-8-16)18-4-2-5-19(25)21(18)24/h2,4-5,7-11,13H,3,6,14H2,1H3,(H,27,28)(H,29,30). The van der Waals surface area contributed by atoms with Gasteiger partial charge in [-0.2, -0.15) is 5.26 Å². The van der Waals surface area contributed by atoms with Crippen molar-refractivity contribution in [3.8, 4) is 17.2 Å². The maximum atomic E-state index is 13.7. The Morgan fingerprint density at radius 2 is 1.97 bits per heavy atom. The van der Waals surface area contributed by atoms with Crippen molar-refractivity contribution in [3.05, 3.63) is 76.7 Å². The lowest BCUT2D eigenvalue weighted by Crippen LogP contribution is -2.15. The van der Waals surface area contributed by atoms with Gasteiger partial charge in [-0.05, 0) is 35.7 Å². The predicted molar refractivity (Wildman–Crippen MR) is 117 cm³/mol. The van der Waals surface area contributed by atoms with E-state index in [-0.39, 0.29) is 23.8 Å². The molecule has 7 heteroatoms. The van der Waals surface area contributed by atoms with Gasteiger partial charge >= 0.3 is 0 Å². The third kappa shape index (κ3) is 5.13. The quantitative estimate of drug-likeness (QED) is 0.511. The fourth-order valence-electron chi connectivity index (χ4n) is 2.94. The van der Waals surface area contributed by atoms with Gasteiger partial charge in [-0.3, -0.25) is 4.79 Å². The van der Waals surface area contributed by atoms with E-state index < -0.39 is 5.82 Å². The van der Waals surface area contributed by atoms with Crippen molar-refractivity contribution >= 4 is 29.0 Å². The number of rotatable bonds is 7. The number of hydrogen-bond acceptors (Lipinski definition) is 4. The molecule has 2 N–H and O–H groups in total. The lowest BCUT2D eigenvalue weighted by Gasteiger charge is -2.14. The molecule has 3 rings (SSSR count). The summed E-state index contributed by atoms with van der Waals surface area (Å²) in [6.45, 7) is 2.36. The molecule has 0 saturated carbocycles. The molecule has 0 fully saturated rings. The summed E-state index contributed by atoms with van der Waals surface area (Å²) in [5, 5.41) is 14.8. The van der Waals surface area contributed by atoms with Crippen LogP contribution in [0.1, 0.15) is 24.0 Å². The molecule has 1 amide bonds. The number of carbonyl (C=O) groups excluding carboxylic acids is 1. The maximum absolute atomic E-state index is 13.7. The molecule has 0 aliphatic heterocycles. The van der Waals surface area contributed by atoms with Gasteiger partial charge in [-0.15, -0.1) is 0 Å². The van der Waals surface area contributed by atoms with Crippen molar-refractivity contribution < 1.29 is 9.18 Å². The molecule has 30 heavy (non-hydrogen) atoms. The van der Waals surface area contributed by atoms with Gasteiger partial charge in [0.05, 0.1) is 16.8 Å².